The van der Waals surface area contributed by atoms with E-state index in [9.17, 15) is 9.90 Å². The van der Waals surface area contributed by atoms with Crippen LogP contribution in [0.3, 0.4) is 0 Å². The van der Waals surface area contributed by atoms with Crippen molar-refractivity contribution in [1.29, 1.82) is 0 Å². The molecular weight excluding hydrogens is 416 g/mol. The number of likely N-dealkylation sites (tertiary alicyclic amines) is 1. The molecule has 6 nitrogen and oxygen atoms in total. The number of carbonyl (C=O) groups is 1. The second kappa shape index (κ2) is 11.0. The maximum atomic E-state index is 11.4. The van der Waals surface area contributed by atoms with E-state index in [1.54, 1.807) is 6.20 Å². The summed E-state index contributed by atoms with van der Waals surface area (Å²) < 4.78 is 12.0. The van der Waals surface area contributed by atoms with Gasteiger partial charge in [0.25, 0.3) is 0 Å². The molecule has 0 saturated carbocycles. The number of carboxylic acid groups (broad SMARTS) is 1. The van der Waals surface area contributed by atoms with E-state index >= 15 is 0 Å². The van der Waals surface area contributed by atoms with E-state index < -0.39 is 5.97 Å². The molecule has 33 heavy (non-hydrogen) atoms. The van der Waals surface area contributed by atoms with Gasteiger partial charge in [-0.15, -0.1) is 0 Å². The zero-order valence-electron chi connectivity index (χ0n) is 18.9. The van der Waals surface area contributed by atoms with Crippen LogP contribution in [0.1, 0.15) is 42.6 Å². The minimum atomic E-state index is -0.706. The Labute approximate surface area is 194 Å². The van der Waals surface area contributed by atoms with Crippen molar-refractivity contribution in [3.63, 3.8) is 0 Å². The Morgan fingerprint density at radius 3 is 2.45 bits per heavy atom. The molecule has 4 rings (SSSR count). The van der Waals surface area contributed by atoms with Gasteiger partial charge in [0.05, 0.1) is 24.3 Å². The SMILES string of the molecule is CCOc1cc(C(c2ccccn2)N2CCC(C(=O)O)CC2)ccc1OCc1ccccc1. The molecule has 0 aliphatic carbocycles. The van der Waals surface area contributed by atoms with Gasteiger partial charge < -0.3 is 14.6 Å². The lowest BCUT2D eigenvalue weighted by atomic mass is 9.93. The van der Waals surface area contributed by atoms with Crippen molar-refractivity contribution in [2.75, 3.05) is 19.7 Å². The van der Waals surface area contributed by atoms with Gasteiger partial charge in [0, 0.05) is 6.20 Å². The summed E-state index contributed by atoms with van der Waals surface area (Å²) >= 11 is 0. The predicted molar refractivity (Wildman–Crippen MR) is 126 cm³/mol. The molecule has 2 heterocycles. The predicted octanol–water partition coefficient (Wildman–Crippen LogP) is 4.95. The summed E-state index contributed by atoms with van der Waals surface area (Å²) in [4.78, 5) is 18.4. The molecule has 1 aliphatic rings. The van der Waals surface area contributed by atoms with Gasteiger partial charge in [-0.2, -0.15) is 0 Å². The molecule has 0 radical (unpaired) electrons. The lowest BCUT2D eigenvalue weighted by molar-refractivity contribution is -0.143. The van der Waals surface area contributed by atoms with Crippen LogP contribution in [0, 0.1) is 5.92 Å². The first kappa shape index (κ1) is 22.8. The highest BCUT2D eigenvalue weighted by Gasteiger charge is 2.31. The van der Waals surface area contributed by atoms with E-state index in [1.807, 2.05) is 67.6 Å². The summed E-state index contributed by atoms with van der Waals surface area (Å²) in [5.41, 5.74) is 3.08. The van der Waals surface area contributed by atoms with Crippen LogP contribution in [0.4, 0.5) is 0 Å². The van der Waals surface area contributed by atoms with Crippen molar-refractivity contribution >= 4 is 5.97 Å². The number of pyridine rings is 1. The highest BCUT2D eigenvalue weighted by Crippen LogP contribution is 2.37. The fourth-order valence-corrected chi connectivity index (χ4v) is 4.33. The van der Waals surface area contributed by atoms with Crippen LogP contribution in [0.15, 0.2) is 72.9 Å². The molecule has 1 unspecified atom stereocenters. The molecule has 1 fully saturated rings. The second-order valence-corrected chi connectivity index (χ2v) is 8.22. The molecule has 1 saturated heterocycles. The average molecular weight is 447 g/mol. The number of nitrogens with zero attached hydrogens (tertiary/aromatic N) is 2. The number of piperidine rings is 1. The molecule has 0 amide bonds. The quantitative estimate of drug-likeness (QED) is 0.502. The van der Waals surface area contributed by atoms with Gasteiger partial charge in [-0.1, -0.05) is 42.5 Å². The number of hydrogen-bond donors (Lipinski definition) is 1. The lowest BCUT2D eigenvalue weighted by Gasteiger charge is -2.36. The molecular formula is C27H30N2O4. The van der Waals surface area contributed by atoms with Crippen LogP contribution in [0.2, 0.25) is 0 Å². The molecule has 1 N–H and O–H groups in total. The topological polar surface area (TPSA) is 71.9 Å². The van der Waals surface area contributed by atoms with Crippen LogP contribution in [-0.2, 0) is 11.4 Å². The van der Waals surface area contributed by atoms with Crippen LogP contribution in [0.5, 0.6) is 11.5 Å². The van der Waals surface area contributed by atoms with E-state index in [2.05, 4.69) is 16.0 Å². The molecule has 0 bridgehead atoms. The molecule has 0 spiro atoms. The lowest BCUT2D eigenvalue weighted by Crippen LogP contribution is -2.39. The van der Waals surface area contributed by atoms with Gasteiger partial charge in [0.15, 0.2) is 11.5 Å². The first-order chi connectivity index (χ1) is 16.2. The number of hydrogen-bond acceptors (Lipinski definition) is 5. The van der Waals surface area contributed by atoms with Crippen molar-refractivity contribution in [3.05, 3.63) is 89.7 Å². The van der Waals surface area contributed by atoms with Gasteiger partial charge in [0.2, 0.25) is 0 Å². The fourth-order valence-electron chi connectivity index (χ4n) is 4.33. The molecule has 1 aliphatic heterocycles. The molecule has 2 aromatic carbocycles. The van der Waals surface area contributed by atoms with Gasteiger partial charge in [0.1, 0.15) is 6.61 Å². The molecule has 3 aromatic rings. The minimum absolute atomic E-state index is 0.0803. The number of rotatable bonds is 9. The van der Waals surface area contributed by atoms with Crippen molar-refractivity contribution in [2.24, 2.45) is 5.92 Å². The Morgan fingerprint density at radius 1 is 1.03 bits per heavy atom. The van der Waals surface area contributed by atoms with Crippen molar-refractivity contribution in [1.82, 2.24) is 9.88 Å². The van der Waals surface area contributed by atoms with Gasteiger partial charge in [-0.25, -0.2) is 0 Å². The van der Waals surface area contributed by atoms with Crippen LogP contribution in [-0.4, -0.2) is 40.7 Å². The third-order valence-electron chi connectivity index (χ3n) is 6.03. The number of carboxylic acids is 1. The maximum absolute atomic E-state index is 11.4. The minimum Gasteiger partial charge on any atom is -0.490 e. The van der Waals surface area contributed by atoms with Gasteiger partial charge in [-0.05, 0) is 68.2 Å². The van der Waals surface area contributed by atoms with E-state index in [4.69, 9.17) is 9.47 Å². The standard InChI is InChI=1S/C27H30N2O4/c1-2-32-25-18-22(11-12-24(25)33-19-20-8-4-3-5-9-20)26(23-10-6-7-15-28-23)29-16-13-21(14-17-29)27(30)31/h3-12,15,18,21,26H,2,13-14,16-17,19H2,1H3,(H,30,31). The molecule has 1 aromatic heterocycles. The Bertz CT molecular complexity index is 1030. The van der Waals surface area contributed by atoms with E-state index in [-0.39, 0.29) is 12.0 Å². The normalized spacial score (nSPS) is 15.7. The Kier molecular flexibility index (Phi) is 7.58. The molecule has 1 atom stereocenters. The van der Waals surface area contributed by atoms with Crippen molar-refractivity contribution in [3.8, 4) is 11.5 Å². The summed E-state index contributed by atoms with van der Waals surface area (Å²) in [7, 11) is 0. The summed E-state index contributed by atoms with van der Waals surface area (Å²) in [6.45, 7) is 4.36. The van der Waals surface area contributed by atoms with Crippen LogP contribution in [0.25, 0.3) is 0 Å². The maximum Gasteiger partial charge on any atom is 0.306 e. The molecule has 6 heteroatoms. The van der Waals surface area contributed by atoms with E-state index in [1.165, 1.54) is 0 Å². The Morgan fingerprint density at radius 2 is 1.79 bits per heavy atom. The highest BCUT2D eigenvalue weighted by molar-refractivity contribution is 5.70. The Hall–Kier alpha value is -3.38. The van der Waals surface area contributed by atoms with Gasteiger partial charge >= 0.3 is 5.97 Å². The fraction of sp³-hybridized carbons (Fsp3) is 0.333. The number of benzene rings is 2. The number of aromatic nitrogens is 1. The van der Waals surface area contributed by atoms with Crippen LogP contribution < -0.4 is 9.47 Å². The summed E-state index contributed by atoms with van der Waals surface area (Å²) in [5.74, 6) is 0.419. The average Bonchev–Trinajstić information content (AvgIpc) is 2.85. The second-order valence-electron chi connectivity index (χ2n) is 8.22. The largest absolute Gasteiger partial charge is 0.490 e. The molecule has 172 valence electrons. The third kappa shape index (κ3) is 5.71. The highest BCUT2D eigenvalue weighted by atomic mass is 16.5. The first-order valence-corrected chi connectivity index (χ1v) is 11.5. The Balaban J connectivity index is 1.61. The van der Waals surface area contributed by atoms with E-state index in [0.29, 0.717) is 50.6 Å². The summed E-state index contributed by atoms with van der Waals surface area (Å²) in [6.07, 6.45) is 3.07. The van der Waals surface area contributed by atoms with E-state index in [0.717, 1.165) is 16.8 Å². The zero-order valence-corrected chi connectivity index (χ0v) is 18.9. The van der Waals surface area contributed by atoms with Crippen molar-refractivity contribution in [2.45, 2.75) is 32.4 Å². The monoisotopic (exact) mass is 446 g/mol. The first-order valence-electron chi connectivity index (χ1n) is 11.5. The number of aliphatic carboxylic acids is 1. The number of ether oxygens (including phenoxy) is 2. The summed E-state index contributed by atoms with van der Waals surface area (Å²) in [5, 5.41) is 9.39. The summed E-state index contributed by atoms with van der Waals surface area (Å²) in [6, 6.07) is 21.9. The van der Waals surface area contributed by atoms with Crippen molar-refractivity contribution < 1.29 is 19.4 Å². The zero-order chi connectivity index (χ0) is 23.0. The smallest absolute Gasteiger partial charge is 0.306 e. The van der Waals surface area contributed by atoms with Crippen LogP contribution >= 0.6 is 0 Å². The third-order valence-corrected chi connectivity index (χ3v) is 6.03. The van der Waals surface area contributed by atoms with Gasteiger partial charge in [-0.3, -0.25) is 14.7 Å².